The maximum absolute atomic E-state index is 5.38. The monoisotopic (exact) mass is 399 g/mol. The molecule has 0 saturated heterocycles. The molecule has 1 aliphatic heterocycles. The highest BCUT2D eigenvalue weighted by molar-refractivity contribution is 7.80. The van der Waals surface area contributed by atoms with E-state index in [0.717, 1.165) is 28.9 Å². The van der Waals surface area contributed by atoms with Crippen molar-refractivity contribution in [3.63, 3.8) is 0 Å². The van der Waals surface area contributed by atoms with Gasteiger partial charge in [-0.1, -0.05) is 72.8 Å². The predicted molar refractivity (Wildman–Crippen MR) is 123 cm³/mol. The Labute approximate surface area is 175 Å². The second kappa shape index (κ2) is 8.67. The second-order valence-corrected chi connectivity index (χ2v) is 7.15. The van der Waals surface area contributed by atoms with Crippen LogP contribution < -0.4 is 16.2 Å². The summed E-state index contributed by atoms with van der Waals surface area (Å²) in [6.07, 6.45) is 2.54. The molecule has 0 spiro atoms. The van der Waals surface area contributed by atoms with Crippen molar-refractivity contribution in [2.45, 2.75) is 12.5 Å². The van der Waals surface area contributed by atoms with E-state index >= 15 is 0 Å². The van der Waals surface area contributed by atoms with Crippen molar-refractivity contribution in [2.75, 3.05) is 5.01 Å². The summed E-state index contributed by atoms with van der Waals surface area (Å²) < 4.78 is 0. The van der Waals surface area contributed by atoms with Crippen molar-refractivity contribution in [1.29, 1.82) is 0 Å². The van der Waals surface area contributed by atoms with Crippen LogP contribution in [-0.4, -0.2) is 17.0 Å². The fourth-order valence-electron chi connectivity index (χ4n) is 3.37. The summed E-state index contributed by atoms with van der Waals surface area (Å²) in [5, 5.41) is 11.2. The first kappa shape index (κ1) is 18.8. The van der Waals surface area contributed by atoms with Gasteiger partial charge in [-0.25, -0.2) is 0 Å². The molecule has 3 N–H and O–H groups in total. The smallest absolute Gasteiger partial charge is 0.184 e. The van der Waals surface area contributed by atoms with Gasteiger partial charge in [-0.15, -0.1) is 0 Å². The van der Waals surface area contributed by atoms with Crippen LogP contribution in [0.1, 0.15) is 29.2 Å². The fraction of sp³-hybridized carbons (Fsp3) is 0.0870. The summed E-state index contributed by atoms with van der Waals surface area (Å²) in [6, 6.07) is 29.1. The Balaban J connectivity index is 1.63. The molecule has 6 heteroatoms. The third-order valence-corrected chi connectivity index (χ3v) is 4.84. The van der Waals surface area contributed by atoms with Crippen molar-refractivity contribution >= 4 is 34.9 Å². The van der Waals surface area contributed by atoms with E-state index < -0.39 is 0 Å². The number of thiocarbonyl (C=S) groups is 1. The van der Waals surface area contributed by atoms with E-state index in [-0.39, 0.29) is 11.2 Å². The molecule has 0 radical (unpaired) electrons. The van der Waals surface area contributed by atoms with Crippen molar-refractivity contribution in [1.82, 2.24) is 5.43 Å². The van der Waals surface area contributed by atoms with E-state index in [1.165, 1.54) is 5.56 Å². The number of benzene rings is 3. The molecule has 29 heavy (non-hydrogen) atoms. The normalized spacial score (nSPS) is 16.1. The minimum absolute atomic E-state index is 0.142. The van der Waals surface area contributed by atoms with E-state index in [4.69, 9.17) is 23.1 Å². The summed E-state index contributed by atoms with van der Waals surface area (Å²) in [7, 11) is 0. The minimum Gasteiger partial charge on any atom is -0.375 e. The quantitative estimate of drug-likeness (QED) is 0.383. The van der Waals surface area contributed by atoms with E-state index in [1.54, 1.807) is 6.21 Å². The van der Waals surface area contributed by atoms with Crippen molar-refractivity contribution in [3.8, 4) is 0 Å². The average Bonchev–Trinajstić information content (AvgIpc) is 3.21. The molecule has 0 bridgehead atoms. The average molecular weight is 400 g/mol. The van der Waals surface area contributed by atoms with E-state index in [1.807, 2.05) is 36.4 Å². The van der Waals surface area contributed by atoms with Crippen molar-refractivity contribution in [3.05, 3.63) is 102 Å². The molecule has 3 aromatic carbocycles. The van der Waals surface area contributed by atoms with Crippen LogP contribution in [0.2, 0.25) is 0 Å². The number of anilines is 1. The number of nitrogens with zero attached hydrogens (tertiary/aromatic N) is 3. The maximum Gasteiger partial charge on any atom is 0.184 e. The Kier molecular flexibility index (Phi) is 5.63. The number of hydrogen-bond donors (Lipinski definition) is 2. The van der Waals surface area contributed by atoms with E-state index in [2.05, 4.69) is 64.1 Å². The van der Waals surface area contributed by atoms with Crippen LogP contribution in [0.25, 0.3) is 0 Å². The molecule has 0 aromatic heterocycles. The van der Waals surface area contributed by atoms with Gasteiger partial charge in [0.05, 0.1) is 23.7 Å². The van der Waals surface area contributed by atoms with Gasteiger partial charge in [-0.3, -0.25) is 10.4 Å². The SMILES string of the molecule is NC(=S)N/N=C\c1ccc(N2N=C(c3ccccc3)C[C@@H]2c2ccccc2)cc1. The van der Waals surface area contributed by atoms with Crippen LogP contribution in [0.4, 0.5) is 5.69 Å². The lowest BCUT2D eigenvalue weighted by Gasteiger charge is -2.24. The highest BCUT2D eigenvalue weighted by atomic mass is 32.1. The molecule has 4 rings (SSSR count). The Morgan fingerprint density at radius 1 is 1.00 bits per heavy atom. The highest BCUT2D eigenvalue weighted by Crippen LogP contribution is 2.36. The standard InChI is InChI=1S/C23H21N5S/c24-23(29)26-25-16-17-11-13-20(14-12-17)28-22(19-9-5-2-6-10-19)15-21(27-28)18-7-3-1-4-8-18/h1-14,16,22H,15H2,(H3,24,26,29)/b25-16-/t22-/m1/s1. The van der Waals surface area contributed by atoms with Crippen LogP contribution in [0, 0.1) is 0 Å². The van der Waals surface area contributed by atoms with Crippen molar-refractivity contribution < 1.29 is 0 Å². The lowest BCUT2D eigenvalue weighted by Crippen LogP contribution is -2.24. The van der Waals surface area contributed by atoms with Gasteiger partial charge in [0.15, 0.2) is 5.11 Å². The molecule has 3 aromatic rings. The van der Waals surface area contributed by atoms with Gasteiger partial charge in [-0.05, 0) is 41.0 Å². The minimum atomic E-state index is 0.142. The number of hydrazone groups is 2. The highest BCUT2D eigenvalue weighted by Gasteiger charge is 2.29. The first-order chi connectivity index (χ1) is 14.2. The van der Waals surface area contributed by atoms with Crippen LogP contribution >= 0.6 is 12.2 Å². The third-order valence-electron chi connectivity index (χ3n) is 4.75. The van der Waals surface area contributed by atoms with Gasteiger partial charge in [0, 0.05) is 6.42 Å². The van der Waals surface area contributed by atoms with Gasteiger partial charge in [0.25, 0.3) is 0 Å². The second-order valence-electron chi connectivity index (χ2n) is 6.71. The lowest BCUT2D eigenvalue weighted by atomic mass is 9.98. The Morgan fingerprint density at radius 2 is 1.66 bits per heavy atom. The number of rotatable bonds is 5. The van der Waals surface area contributed by atoms with Gasteiger partial charge in [0.1, 0.15) is 0 Å². The molecular weight excluding hydrogens is 378 g/mol. The van der Waals surface area contributed by atoms with Gasteiger partial charge < -0.3 is 5.73 Å². The molecule has 0 unspecified atom stereocenters. The molecular formula is C23H21N5S. The molecule has 0 fully saturated rings. The maximum atomic E-state index is 5.38. The summed E-state index contributed by atoms with van der Waals surface area (Å²) in [5.41, 5.74) is 13.4. The summed E-state index contributed by atoms with van der Waals surface area (Å²) in [5.74, 6) is 0. The van der Waals surface area contributed by atoms with Gasteiger partial charge in [-0.2, -0.15) is 10.2 Å². The molecule has 1 atom stereocenters. The van der Waals surface area contributed by atoms with Crippen LogP contribution in [0.3, 0.4) is 0 Å². The molecule has 1 heterocycles. The first-order valence-electron chi connectivity index (χ1n) is 9.36. The fourth-order valence-corrected chi connectivity index (χ4v) is 3.42. The zero-order chi connectivity index (χ0) is 20.1. The Hall–Kier alpha value is -3.51. The molecule has 0 aliphatic carbocycles. The summed E-state index contributed by atoms with van der Waals surface area (Å²) in [6.45, 7) is 0. The predicted octanol–water partition coefficient (Wildman–Crippen LogP) is 4.21. The van der Waals surface area contributed by atoms with Crippen LogP contribution in [-0.2, 0) is 0 Å². The third kappa shape index (κ3) is 4.50. The lowest BCUT2D eigenvalue weighted by molar-refractivity contribution is 0.709. The number of nitrogens with one attached hydrogen (secondary N) is 1. The van der Waals surface area contributed by atoms with E-state index in [9.17, 15) is 0 Å². The first-order valence-corrected chi connectivity index (χ1v) is 9.77. The molecule has 0 saturated carbocycles. The molecule has 0 amide bonds. The Bertz CT molecular complexity index is 1030. The molecule has 144 valence electrons. The summed E-state index contributed by atoms with van der Waals surface area (Å²) in [4.78, 5) is 0. The largest absolute Gasteiger partial charge is 0.375 e. The van der Waals surface area contributed by atoms with Crippen molar-refractivity contribution in [2.24, 2.45) is 15.9 Å². The number of nitrogens with two attached hydrogens (primary N) is 1. The van der Waals surface area contributed by atoms with Crippen LogP contribution in [0.5, 0.6) is 0 Å². The zero-order valence-corrected chi connectivity index (χ0v) is 16.6. The number of hydrogen-bond acceptors (Lipinski definition) is 4. The molecule has 1 aliphatic rings. The Morgan fingerprint density at radius 3 is 2.31 bits per heavy atom. The topological polar surface area (TPSA) is 66.0 Å². The molecule has 5 nitrogen and oxygen atoms in total. The van der Waals surface area contributed by atoms with Gasteiger partial charge >= 0.3 is 0 Å². The van der Waals surface area contributed by atoms with Crippen LogP contribution in [0.15, 0.2) is 95.1 Å². The van der Waals surface area contributed by atoms with E-state index in [0.29, 0.717) is 0 Å². The van der Waals surface area contributed by atoms with Gasteiger partial charge in [0.2, 0.25) is 0 Å². The summed E-state index contributed by atoms with van der Waals surface area (Å²) >= 11 is 4.75. The zero-order valence-electron chi connectivity index (χ0n) is 15.8.